The molecule has 3 atom stereocenters. The van der Waals surface area contributed by atoms with Crippen molar-refractivity contribution in [1.82, 2.24) is 4.90 Å². The molecule has 1 unspecified atom stereocenters. The molecule has 25 heavy (non-hydrogen) atoms. The number of halogens is 2. The van der Waals surface area contributed by atoms with Gasteiger partial charge in [-0.25, -0.2) is 4.39 Å². The van der Waals surface area contributed by atoms with Crippen LogP contribution in [-0.4, -0.2) is 36.2 Å². The maximum Gasteiger partial charge on any atom is 0.226 e. The molecule has 0 bridgehead atoms. The van der Waals surface area contributed by atoms with Crippen LogP contribution in [0.15, 0.2) is 24.3 Å². The Balaban J connectivity index is 0.00000225. The zero-order chi connectivity index (χ0) is 17.1. The maximum atomic E-state index is 13.0. The summed E-state index contributed by atoms with van der Waals surface area (Å²) >= 11 is 0. The molecule has 1 aliphatic carbocycles. The van der Waals surface area contributed by atoms with Gasteiger partial charge in [-0.1, -0.05) is 6.42 Å². The molecule has 6 heteroatoms. The highest BCUT2D eigenvalue weighted by molar-refractivity contribution is 5.98. The number of amides is 1. The molecule has 2 fully saturated rings. The Kier molecular flexibility index (Phi) is 6.96. The van der Waals surface area contributed by atoms with Crippen LogP contribution in [0.5, 0.6) is 0 Å². The number of carbonyl (C=O) groups is 2. The van der Waals surface area contributed by atoms with Gasteiger partial charge in [0.05, 0.1) is 0 Å². The van der Waals surface area contributed by atoms with E-state index in [0.29, 0.717) is 18.7 Å². The van der Waals surface area contributed by atoms with E-state index in [-0.39, 0.29) is 47.7 Å². The Hall–Kier alpha value is -1.46. The molecule has 0 radical (unpaired) electrons. The second-order valence-corrected chi connectivity index (χ2v) is 7.03. The fourth-order valence-corrected chi connectivity index (χ4v) is 4.12. The predicted octanol–water partition coefficient (Wildman–Crippen LogP) is 3.04. The predicted molar refractivity (Wildman–Crippen MR) is 97.2 cm³/mol. The number of carbonyl (C=O) groups excluding carboxylic acids is 2. The maximum absolute atomic E-state index is 13.0. The minimum atomic E-state index is -0.346. The molecule has 1 aromatic rings. The lowest BCUT2D eigenvalue weighted by atomic mass is 9.88. The number of piperidine rings is 1. The molecule has 1 aromatic carbocycles. The standard InChI is InChI=1S/C19H25FN2O2.ClH/c20-16-8-6-13(7-9-16)18(23)15-4-2-10-22(12-15)19(24)17-5-1-3-14(17)11-21;/h6-9,14-15,17H,1-5,10-12,21H2;1H/t14-,15?,17-;/m1./s1. The van der Waals surface area contributed by atoms with E-state index in [1.165, 1.54) is 24.3 Å². The summed E-state index contributed by atoms with van der Waals surface area (Å²) in [7, 11) is 0. The topological polar surface area (TPSA) is 63.4 Å². The minimum absolute atomic E-state index is 0. The highest BCUT2D eigenvalue weighted by atomic mass is 35.5. The van der Waals surface area contributed by atoms with E-state index in [0.717, 1.165) is 38.6 Å². The van der Waals surface area contributed by atoms with E-state index in [1.807, 2.05) is 4.90 Å². The van der Waals surface area contributed by atoms with Gasteiger partial charge in [0.25, 0.3) is 0 Å². The fraction of sp³-hybridized carbons (Fsp3) is 0.579. The molecule has 3 rings (SSSR count). The summed E-state index contributed by atoms with van der Waals surface area (Å²) in [6.45, 7) is 1.75. The molecule has 0 spiro atoms. The molecule has 1 heterocycles. The average molecular weight is 369 g/mol. The van der Waals surface area contributed by atoms with Gasteiger partial charge in [-0.05, 0) is 62.4 Å². The molecule has 2 N–H and O–H groups in total. The highest BCUT2D eigenvalue weighted by Crippen LogP contribution is 2.33. The summed E-state index contributed by atoms with van der Waals surface area (Å²) < 4.78 is 13.0. The van der Waals surface area contributed by atoms with Crippen LogP contribution in [0.2, 0.25) is 0 Å². The van der Waals surface area contributed by atoms with Crippen LogP contribution in [0, 0.1) is 23.6 Å². The third kappa shape index (κ3) is 4.39. The summed E-state index contributed by atoms with van der Waals surface area (Å²) in [5.41, 5.74) is 6.32. The first-order valence-electron chi connectivity index (χ1n) is 8.88. The van der Waals surface area contributed by atoms with E-state index in [1.54, 1.807) is 0 Å². The molecule has 1 aliphatic heterocycles. The normalized spacial score (nSPS) is 26.2. The fourth-order valence-electron chi connectivity index (χ4n) is 4.12. The van der Waals surface area contributed by atoms with Crippen molar-refractivity contribution in [1.29, 1.82) is 0 Å². The van der Waals surface area contributed by atoms with Crippen molar-refractivity contribution in [3.8, 4) is 0 Å². The smallest absolute Gasteiger partial charge is 0.226 e. The number of nitrogens with zero attached hydrogens (tertiary/aromatic N) is 1. The van der Waals surface area contributed by atoms with E-state index in [4.69, 9.17) is 5.73 Å². The van der Waals surface area contributed by atoms with Gasteiger partial charge >= 0.3 is 0 Å². The summed E-state index contributed by atoms with van der Waals surface area (Å²) in [6.07, 6.45) is 4.62. The molecule has 1 amide bonds. The van der Waals surface area contributed by atoms with Crippen LogP contribution in [0.25, 0.3) is 0 Å². The van der Waals surface area contributed by atoms with Crippen molar-refractivity contribution in [3.63, 3.8) is 0 Å². The first-order valence-corrected chi connectivity index (χ1v) is 8.88. The molecule has 2 aliphatic rings. The van der Waals surface area contributed by atoms with E-state index in [2.05, 4.69) is 0 Å². The van der Waals surface area contributed by atoms with Gasteiger partial charge in [0.2, 0.25) is 5.91 Å². The average Bonchev–Trinajstić information content (AvgIpc) is 3.10. The number of rotatable bonds is 4. The van der Waals surface area contributed by atoms with Gasteiger partial charge in [0.1, 0.15) is 5.82 Å². The van der Waals surface area contributed by atoms with E-state index >= 15 is 0 Å². The molecular formula is C19H26ClFN2O2. The van der Waals surface area contributed by atoms with Crippen LogP contribution in [0.4, 0.5) is 4.39 Å². The van der Waals surface area contributed by atoms with Gasteiger partial charge in [0, 0.05) is 30.5 Å². The van der Waals surface area contributed by atoms with Crippen LogP contribution >= 0.6 is 12.4 Å². The van der Waals surface area contributed by atoms with Crippen molar-refractivity contribution in [2.45, 2.75) is 32.1 Å². The Labute approximate surface area is 154 Å². The number of Topliss-reactive ketones (excluding diaryl/α,β-unsaturated/α-hetero) is 1. The van der Waals surface area contributed by atoms with Crippen molar-refractivity contribution in [2.75, 3.05) is 19.6 Å². The number of benzene rings is 1. The Morgan fingerprint density at radius 2 is 1.84 bits per heavy atom. The van der Waals surface area contributed by atoms with Crippen LogP contribution in [-0.2, 0) is 4.79 Å². The molecule has 138 valence electrons. The van der Waals surface area contributed by atoms with E-state index in [9.17, 15) is 14.0 Å². The third-order valence-electron chi connectivity index (χ3n) is 5.51. The molecule has 1 saturated carbocycles. The molecular weight excluding hydrogens is 343 g/mol. The van der Waals surface area contributed by atoms with Gasteiger partial charge in [-0.15, -0.1) is 12.4 Å². The second kappa shape index (κ2) is 8.77. The Morgan fingerprint density at radius 3 is 2.52 bits per heavy atom. The van der Waals surface area contributed by atoms with Gasteiger partial charge in [-0.3, -0.25) is 9.59 Å². The lowest BCUT2D eigenvalue weighted by molar-refractivity contribution is -0.138. The SMILES string of the molecule is Cl.NC[C@H]1CCC[C@H]1C(=O)N1CCCC(C(=O)c2ccc(F)cc2)C1. The van der Waals surface area contributed by atoms with Crippen LogP contribution in [0.3, 0.4) is 0 Å². The van der Waals surface area contributed by atoms with E-state index < -0.39 is 0 Å². The first-order chi connectivity index (χ1) is 11.6. The van der Waals surface area contributed by atoms with Gasteiger partial charge < -0.3 is 10.6 Å². The molecule has 4 nitrogen and oxygen atoms in total. The summed E-state index contributed by atoms with van der Waals surface area (Å²) in [5, 5.41) is 0. The monoisotopic (exact) mass is 368 g/mol. The summed E-state index contributed by atoms with van der Waals surface area (Å²) in [6, 6.07) is 5.67. The lowest BCUT2D eigenvalue weighted by Crippen LogP contribution is -2.46. The van der Waals surface area contributed by atoms with Gasteiger partial charge in [0.15, 0.2) is 5.78 Å². The quantitative estimate of drug-likeness (QED) is 0.831. The van der Waals surface area contributed by atoms with Crippen LogP contribution < -0.4 is 5.73 Å². The number of hydrogen-bond donors (Lipinski definition) is 1. The van der Waals surface area contributed by atoms with Gasteiger partial charge in [-0.2, -0.15) is 0 Å². The van der Waals surface area contributed by atoms with Crippen molar-refractivity contribution < 1.29 is 14.0 Å². The van der Waals surface area contributed by atoms with Crippen molar-refractivity contribution in [2.24, 2.45) is 23.5 Å². The molecule has 0 aromatic heterocycles. The number of nitrogens with two attached hydrogens (primary N) is 1. The zero-order valence-corrected chi connectivity index (χ0v) is 15.1. The summed E-state index contributed by atoms with van der Waals surface area (Å²) in [4.78, 5) is 27.3. The molecule has 1 saturated heterocycles. The first kappa shape index (κ1) is 19.9. The van der Waals surface area contributed by atoms with Crippen molar-refractivity contribution in [3.05, 3.63) is 35.6 Å². The largest absolute Gasteiger partial charge is 0.342 e. The van der Waals surface area contributed by atoms with Crippen LogP contribution in [0.1, 0.15) is 42.5 Å². The lowest BCUT2D eigenvalue weighted by Gasteiger charge is -2.34. The minimum Gasteiger partial charge on any atom is -0.342 e. The zero-order valence-electron chi connectivity index (χ0n) is 14.3. The number of likely N-dealkylation sites (tertiary alicyclic amines) is 1. The summed E-state index contributed by atoms with van der Waals surface area (Å²) in [5.74, 6) is -0.0545. The number of hydrogen-bond acceptors (Lipinski definition) is 3. The Bertz CT molecular complexity index is 608. The highest BCUT2D eigenvalue weighted by Gasteiger charge is 2.37. The number of ketones is 1. The Morgan fingerprint density at radius 1 is 1.12 bits per heavy atom. The third-order valence-corrected chi connectivity index (χ3v) is 5.51. The second-order valence-electron chi connectivity index (χ2n) is 7.03. The van der Waals surface area contributed by atoms with Crippen molar-refractivity contribution >= 4 is 24.1 Å².